The van der Waals surface area contributed by atoms with Gasteiger partial charge in [-0.3, -0.25) is 4.79 Å². The molecule has 3 rings (SSSR count). The van der Waals surface area contributed by atoms with Crippen molar-refractivity contribution in [3.8, 4) is 0 Å². The third-order valence-corrected chi connectivity index (χ3v) is 6.04. The van der Waals surface area contributed by atoms with Gasteiger partial charge in [0.05, 0.1) is 11.5 Å². The highest BCUT2D eigenvalue weighted by Crippen LogP contribution is 2.27. The van der Waals surface area contributed by atoms with E-state index in [0.29, 0.717) is 24.3 Å². The molecule has 1 aliphatic rings. The molecule has 6 heteroatoms. The summed E-state index contributed by atoms with van der Waals surface area (Å²) >= 11 is 0. The maximum absolute atomic E-state index is 12.8. The number of benzene rings is 1. The van der Waals surface area contributed by atoms with Gasteiger partial charge in [0, 0.05) is 23.5 Å². The number of fused-ring (bicyclic) bond motifs is 1. The lowest BCUT2D eigenvalue weighted by Gasteiger charge is -2.26. The molecule has 0 N–H and O–H groups in total. The molecule has 0 bridgehead atoms. The van der Waals surface area contributed by atoms with Crippen LogP contribution < -0.4 is 0 Å². The highest BCUT2D eigenvalue weighted by atomic mass is 32.2. The number of furan rings is 1. The normalized spacial score (nSPS) is 20.4. The molecule has 0 spiro atoms. The van der Waals surface area contributed by atoms with Crippen LogP contribution in [0, 0.1) is 6.92 Å². The predicted octanol–water partition coefficient (Wildman–Crippen LogP) is 2.39. The van der Waals surface area contributed by atoms with Gasteiger partial charge in [0.25, 0.3) is 5.91 Å². The van der Waals surface area contributed by atoms with E-state index in [1.807, 2.05) is 38.1 Å². The van der Waals surface area contributed by atoms with Gasteiger partial charge in [-0.1, -0.05) is 18.2 Å². The summed E-state index contributed by atoms with van der Waals surface area (Å²) < 4.78 is 29.0. The molecule has 2 aromatic rings. The lowest BCUT2D eigenvalue weighted by atomic mass is 10.1. The van der Waals surface area contributed by atoms with Crippen molar-refractivity contribution in [3.63, 3.8) is 0 Å². The maximum atomic E-state index is 12.8. The number of rotatable bonds is 3. The number of amides is 1. The first-order chi connectivity index (χ1) is 10.4. The predicted molar refractivity (Wildman–Crippen MR) is 84.7 cm³/mol. The zero-order chi connectivity index (χ0) is 15.9. The molecule has 0 saturated carbocycles. The smallest absolute Gasteiger partial charge is 0.290 e. The first kappa shape index (κ1) is 15.1. The fraction of sp³-hybridized carbons (Fsp3) is 0.438. The van der Waals surface area contributed by atoms with Gasteiger partial charge in [-0.15, -0.1) is 0 Å². The summed E-state index contributed by atoms with van der Waals surface area (Å²) in [5.41, 5.74) is 1.48. The third-order valence-electron chi connectivity index (χ3n) is 4.29. The number of carbonyl (C=O) groups excluding carboxylic acids is 1. The number of sulfone groups is 1. The van der Waals surface area contributed by atoms with Gasteiger partial charge in [-0.2, -0.15) is 0 Å². The summed E-state index contributed by atoms with van der Waals surface area (Å²) in [6.45, 7) is 4.19. The van der Waals surface area contributed by atoms with Gasteiger partial charge in [-0.05, 0) is 26.3 Å². The first-order valence-corrected chi connectivity index (χ1v) is 9.24. The van der Waals surface area contributed by atoms with Crippen molar-refractivity contribution in [2.24, 2.45) is 0 Å². The van der Waals surface area contributed by atoms with Gasteiger partial charge in [-0.25, -0.2) is 8.42 Å². The number of nitrogens with zero attached hydrogens (tertiary/aromatic N) is 1. The van der Waals surface area contributed by atoms with Crippen molar-refractivity contribution in [3.05, 3.63) is 35.6 Å². The summed E-state index contributed by atoms with van der Waals surface area (Å²) in [7, 11) is -3.03. The van der Waals surface area contributed by atoms with Crippen LogP contribution in [0.2, 0.25) is 0 Å². The minimum atomic E-state index is -3.03. The van der Waals surface area contributed by atoms with E-state index in [2.05, 4.69) is 0 Å². The fourth-order valence-corrected chi connectivity index (χ4v) is 4.83. The Bertz CT molecular complexity index is 822. The van der Waals surface area contributed by atoms with Crippen molar-refractivity contribution in [1.29, 1.82) is 0 Å². The molecular weight excluding hydrogens is 302 g/mol. The number of hydrogen-bond acceptors (Lipinski definition) is 4. The van der Waals surface area contributed by atoms with E-state index < -0.39 is 9.84 Å². The summed E-state index contributed by atoms with van der Waals surface area (Å²) in [6.07, 6.45) is 0.501. The summed E-state index contributed by atoms with van der Waals surface area (Å²) in [5, 5.41) is 0.918. The fourth-order valence-electron chi connectivity index (χ4n) is 3.10. The third kappa shape index (κ3) is 2.52. The van der Waals surface area contributed by atoms with E-state index in [4.69, 9.17) is 4.42 Å². The number of para-hydroxylation sites is 1. The van der Waals surface area contributed by atoms with Crippen molar-refractivity contribution in [1.82, 2.24) is 4.90 Å². The second-order valence-electron chi connectivity index (χ2n) is 5.70. The molecule has 1 aromatic carbocycles. The van der Waals surface area contributed by atoms with E-state index in [-0.39, 0.29) is 23.5 Å². The molecule has 118 valence electrons. The Balaban J connectivity index is 1.95. The van der Waals surface area contributed by atoms with Crippen LogP contribution in [0.5, 0.6) is 0 Å². The molecule has 1 aromatic heterocycles. The second kappa shape index (κ2) is 5.43. The average Bonchev–Trinajstić information content (AvgIpc) is 3.01. The van der Waals surface area contributed by atoms with Crippen LogP contribution in [0.4, 0.5) is 0 Å². The van der Waals surface area contributed by atoms with E-state index in [1.54, 1.807) is 4.90 Å². The van der Waals surface area contributed by atoms with Gasteiger partial charge < -0.3 is 9.32 Å². The molecule has 2 heterocycles. The Morgan fingerprint density at radius 3 is 2.68 bits per heavy atom. The zero-order valence-corrected chi connectivity index (χ0v) is 13.5. The molecule has 1 atom stereocenters. The zero-order valence-electron chi connectivity index (χ0n) is 12.7. The van der Waals surface area contributed by atoms with Gasteiger partial charge >= 0.3 is 0 Å². The summed E-state index contributed by atoms with van der Waals surface area (Å²) in [5.74, 6) is 0.289. The lowest BCUT2D eigenvalue weighted by molar-refractivity contribution is 0.0677. The topological polar surface area (TPSA) is 67.6 Å². The minimum Gasteiger partial charge on any atom is -0.451 e. The Morgan fingerprint density at radius 2 is 2.09 bits per heavy atom. The Labute approximate surface area is 129 Å². The number of carbonyl (C=O) groups is 1. The van der Waals surface area contributed by atoms with Crippen LogP contribution in [0.25, 0.3) is 11.0 Å². The first-order valence-electron chi connectivity index (χ1n) is 7.42. The maximum Gasteiger partial charge on any atom is 0.290 e. The van der Waals surface area contributed by atoms with E-state index in [0.717, 1.165) is 10.9 Å². The van der Waals surface area contributed by atoms with Crippen LogP contribution in [0.3, 0.4) is 0 Å². The Hall–Kier alpha value is -1.82. The van der Waals surface area contributed by atoms with Crippen molar-refractivity contribution in [2.45, 2.75) is 26.3 Å². The van der Waals surface area contributed by atoms with Crippen molar-refractivity contribution < 1.29 is 17.6 Å². The molecule has 0 unspecified atom stereocenters. The summed E-state index contributed by atoms with van der Waals surface area (Å²) in [4.78, 5) is 14.4. The molecule has 1 aliphatic heterocycles. The number of aryl methyl sites for hydroxylation is 1. The lowest BCUT2D eigenvalue weighted by Crippen LogP contribution is -2.41. The van der Waals surface area contributed by atoms with E-state index in [9.17, 15) is 13.2 Å². The molecule has 1 fully saturated rings. The summed E-state index contributed by atoms with van der Waals surface area (Å²) in [6, 6.07) is 7.26. The van der Waals surface area contributed by atoms with Gasteiger partial charge in [0.15, 0.2) is 15.6 Å². The van der Waals surface area contributed by atoms with E-state index >= 15 is 0 Å². The van der Waals surface area contributed by atoms with Gasteiger partial charge in [0.2, 0.25) is 0 Å². The Kier molecular flexibility index (Phi) is 3.72. The van der Waals surface area contributed by atoms with Crippen LogP contribution in [0.15, 0.2) is 28.7 Å². The van der Waals surface area contributed by atoms with Crippen LogP contribution in [-0.4, -0.2) is 43.3 Å². The Morgan fingerprint density at radius 1 is 1.36 bits per heavy atom. The SMILES string of the molecule is CCN(C(=O)c1oc2ccccc2c1C)[C@H]1CCS(=O)(=O)C1. The highest BCUT2D eigenvalue weighted by Gasteiger charge is 2.35. The largest absolute Gasteiger partial charge is 0.451 e. The number of hydrogen-bond donors (Lipinski definition) is 0. The molecule has 0 aliphatic carbocycles. The standard InChI is InChI=1S/C16H19NO4S/c1-3-17(12-8-9-22(19,20)10-12)16(18)15-11(2)13-6-4-5-7-14(13)21-15/h4-7,12H,3,8-10H2,1-2H3/t12-/m0/s1. The molecule has 22 heavy (non-hydrogen) atoms. The van der Waals surface area contributed by atoms with Gasteiger partial charge in [0.1, 0.15) is 5.58 Å². The van der Waals surface area contributed by atoms with Crippen molar-refractivity contribution in [2.75, 3.05) is 18.1 Å². The van der Waals surface area contributed by atoms with Crippen LogP contribution in [-0.2, 0) is 9.84 Å². The average molecular weight is 321 g/mol. The second-order valence-corrected chi connectivity index (χ2v) is 7.93. The molecule has 0 radical (unpaired) electrons. The molecular formula is C16H19NO4S. The molecule has 1 saturated heterocycles. The van der Waals surface area contributed by atoms with E-state index in [1.165, 1.54) is 0 Å². The monoisotopic (exact) mass is 321 g/mol. The molecule has 1 amide bonds. The van der Waals surface area contributed by atoms with Crippen LogP contribution in [0.1, 0.15) is 29.5 Å². The van der Waals surface area contributed by atoms with Crippen LogP contribution >= 0.6 is 0 Å². The molecule has 5 nitrogen and oxygen atoms in total. The quantitative estimate of drug-likeness (QED) is 0.870. The minimum absolute atomic E-state index is 0.0475. The van der Waals surface area contributed by atoms with Crippen molar-refractivity contribution >= 4 is 26.7 Å². The highest BCUT2D eigenvalue weighted by molar-refractivity contribution is 7.91.